The van der Waals surface area contributed by atoms with Gasteiger partial charge in [0.15, 0.2) is 5.78 Å². The molecule has 0 aromatic heterocycles. The largest absolute Gasteiger partial charge is 0.462 e. The third-order valence-corrected chi connectivity index (χ3v) is 2.58. The van der Waals surface area contributed by atoms with E-state index in [1.807, 2.05) is 19.9 Å². The molecule has 1 rings (SSSR count). The molecule has 0 aromatic rings. The fourth-order valence-electron chi connectivity index (χ4n) is 1.72. The molecule has 0 saturated heterocycles. The average molecular weight is 196 g/mol. The lowest BCUT2D eigenvalue weighted by Gasteiger charge is -2.20. The van der Waals surface area contributed by atoms with E-state index < -0.39 is 0 Å². The summed E-state index contributed by atoms with van der Waals surface area (Å²) in [7, 11) is 0. The number of carbonyl (C=O) groups is 2. The monoisotopic (exact) mass is 196 g/mol. The zero-order chi connectivity index (χ0) is 10.7. The highest BCUT2D eigenvalue weighted by atomic mass is 16.5. The Balaban J connectivity index is 2.73. The van der Waals surface area contributed by atoms with E-state index in [0.29, 0.717) is 0 Å². The van der Waals surface area contributed by atoms with E-state index in [9.17, 15) is 9.59 Å². The third-order valence-electron chi connectivity index (χ3n) is 2.58. The van der Waals surface area contributed by atoms with Crippen molar-refractivity contribution in [3.63, 3.8) is 0 Å². The normalized spacial score (nSPS) is 27.9. The molecule has 0 saturated carbocycles. The predicted octanol–water partition coefficient (Wildman–Crippen LogP) is 1.86. The highest BCUT2D eigenvalue weighted by molar-refractivity contribution is 5.97. The maximum absolute atomic E-state index is 11.7. The van der Waals surface area contributed by atoms with Gasteiger partial charge in [-0.15, -0.1) is 0 Å². The lowest BCUT2D eigenvalue weighted by molar-refractivity contribution is -0.150. The van der Waals surface area contributed by atoms with Crippen molar-refractivity contribution < 1.29 is 14.3 Å². The van der Waals surface area contributed by atoms with E-state index in [1.54, 1.807) is 0 Å². The molecule has 14 heavy (non-hydrogen) atoms. The van der Waals surface area contributed by atoms with Crippen LogP contribution >= 0.6 is 0 Å². The summed E-state index contributed by atoms with van der Waals surface area (Å²) in [4.78, 5) is 22.5. The van der Waals surface area contributed by atoms with Crippen LogP contribution < -0.4 is 0 Å². The highest BCUT2D eigenvalue weighted by Gasteiger charge is 2.28. The highest BCUT2D eigenvalue weighted by Crippen LogP contribution is 2.22. The van der Waals surface area contributed by atoms with Crippen molar-refractivity contribution in [1.29, 1.82) is 0 Å². The number of esters is 1. The van der Waals surface area contributed by atoms with Crippen molar-refractivity contribution in [3.8, 4) is 0 Å². The van der Waals surface area contributed by atoms with Crippen LogP contribution in [0, 0.1) is 5.92 Å². The Morgan fingerprint density at radius 3 is 2.79 bits per heavy atom. The molecule has 0 N–H and O–H groups in total. The standard InChI is InChI=1S/C11H16O3/c1-7-5-4-6-10(14-9(3)12)8(2)11(7)13/h5,8,10H,4,6H2,1-3H3. The molecule has 0 bridgehead atoms. The molecule has 0 aromatic carbocycles. The zero-order valence-corrected chi connectivity index (χ0v) is 8.87. The molecular formula is C11H16O3. The first kappa shape index (κ1) is 11.0. The molecule has 0 spiro atoms. The molecule has 2 atom stereocenters. The van der Waals surface area contributed by atoms with E-state index in [-0.39, 0.29) is 23.8 Å². The number of ether oxygens (including phenoxy) is 1. The number of ketones is 1. The van der Waals surface area contributed by atoms with Gasteiger partial charge in [-0.05, 0) is 25.3 Å². The van der Waals surface area contributed by atoms with Crippen LogP contribution in [0.3, 0.4) is 0 Å². The van der Waals surface area contributed by atoms with Crippen molar-refractivity contribution >= 4 is 11.8 Å². The Bertz CT molecular complexity index is 278. The maximum atomic E-state index is 11.7. The van der Waals surface area contributed by atoms with Crippen LogP contribution in [0.15, 0.2) is 11.6 Å². The molecule has 3 heteroatoms. The molecule has 0 radical (unpaired) electrons. The topological polar surface area (TPSA) is 43.4 Å². The van der Waals surface area contributed by atoms with Crippen LogP contribution in [0.5, 0.6) is 0 Å². The van der Waals surface area contributed by atoms with Crippen LogP contribution in [0.4, 0.5) is 0 Å². The predicted molar refractivity (Wildman–Crippen MR) is 52.7 cm³/mol. The molecule has 2 unspecified atom stereocenters. The zero-order valence-electron chi connectivity index (χ0n) is 8.87. The lowest BCUT2D eigenvalue weighted by Crippen LogP contribution is -2.29. The minimum absolute atomic E-state index is 0.0914. The van der Waals surface area contributed by atoms with Crippen molar-refractivity contribution in [2.45, 2.75) is 39.7 Å². The minimum Gasteiger partial charge on any atom is -0.462 e. The Kier molecular flexibility index (Phi) is 3.44. The van der Waals surface area contributed by atoms with Crippen molar-refractivity contribution in [2.75, 3.05) is 0 Å². The second-order valence-electron chi connectivity index (χ2n) is 3.77. The summed E-state index contributed by atoms with van der Waals surface area (Å²) in [5.41, 5.74) is 0.784. The summed E-state index contributed by atoms with van der Waals surface area (Å²) < 4.78 is 5.11. The SMILES string of the molecule is CC(=O)OC1CCC=C(C)C(=O)C1C. The molecule has 3 nitrogen and oxygen atoms in total. The molecule has 78 valence electrons. The van der Waals surface area contributed by atoms with Gasteiger partial charge in [-0.2, -0.15) is 0 Å². The molecular weight excluding hydrogens is 180 g/mol. The lowest BCUT2D eigenvalue weighted by atomic mass is 9.96. The Hall–Kier alpha value is -1.12. The first-order valence-corrected chi connectivity index (χ1v) is 4.90. The Morgan fingerprint density at radius 2 is 2.21 bits per heavy atom. The van der Waals surface area contributed by atoms with Crippen LogP contribution in [-0.2, 0) is 14.3 Å². The number of hydrogen-bond donors (Lipinski definition) is 0. The summed E-state index contributed by atoms with van der Waals surface area (Å²) in [6, 6.07) is 0. The maximum Gasteiger partial charge on any atom is 0.302 e. The van der Waals surface area contributed by atoms with Crippen LogP contribution in [0.1, 0.15) is 33.6 Å². The number of carbonyl (C=O) groups excluding carboxylic acids is 2. The Labute approximate surface area is 84.1 Å². The third kappa shape index (κ3) is 2.44. The van der Waals surface area contributed by atoms with Gasteiger partial charge in [0.2, 0.25) is 0 Å². The van der Waals surface area contributed by atoms with Gasteiger partial charge < -0.3 is 4.74 Å². The Morgan fingerprint density at radius 1 is 1.57 bits per heavy atom. The fraction of sp³-hybridized carbons (Fsp3) is 0.636. The first-order chi connectivity index (χ1) is 6.52. The minimum atomic E-state index is -0.311. The van der Waals surface area contributed by atoms with Gasteiger partial charge in [-0.3, -0.25) is 9.59 Å². The van der Waals surface area contributed by atoms with Crippen molar-refractivity contribution in [3.05, 3.63) is 11.6 Å². The van der Waals surface area contributed by atoms with E-state index in [1.165, 1.54) is 6.92 Å². The molecule has 0 aliphatic heterocycles. The van der Waals surface area contributed by atoms with Gasteiger partial charge in [0.05, 0.1) is 5.92 Å². The van der Waals surface area contributed by atoms with E-state index >= 15 is 0 Å². The molecule has 0 amide bonds. The number of allylic oxidation sites excluding steroid dienone is 2. The summed E-state index contributed by atoms with van der Waals surface area (Å²) in [5.74, 6) is -0.430. The summed E-state index contributed by atoms with van der Waals surface area (Å²) >= 11 is 0. The van der Waals surface area contributed by atoms with Gasteiger partial charge in [0.1, 0.15) is 6.10 Å². The van der Waals surface area contributed by atoms with Crippen LogP contribution in [-0.4, -0.2) is 17.9 Å². The fourth-order valence-corrected chi connectivity index (χ4v) is 1.72. The summed E-state index contributed by atoms with van der Waals surface area (Å²) in [6.07, 6.45) is 3.21. The van der Waals surface area contributed by atoms with Gasteiger partial charge in [0, 0.05) is 6.92 Å². The molecule has 0 heterocycles. The molecule has 1 aliphatic carbocycles. The number of hydrogen-bond acceptors (Lipinski definition) is 3. The van der Waals surface area contributed by atoms with Gasteiger partial charge >= 0.3 is 5.97 Å². The second-order valence-corrected chi connectivity index (χ2v) is 3.77. The average Bonchev–Trinajstić information content (AvgIpc) is 2.21. The van der Waals surface area contributed by atoms with Crippen molar-refractivity contribution in [2.24, 2.45) is 5.92 Å². The van der Waals surface area contributed by atoms with Crippen molar-refractivity contribution in [1.82, 2.24) is 0 Å². The summed E-state index contributed by atoms with van der Waals surface area (Å²) in [6.45, 7) is 5.01. The molecule has 0 fully saturated rings. The van der Waals surface area contributed by atoms with Gasteiger partial charge in [0.25, 0.3) is 0 Å². The quantitative estimate of drug-likeness (QED) is 0.601. The summed E-state index contributed by atoms with van der Waals surface area (Å²) in [5, 5.41) is 0. The first-order valence-electron chi connectivity index (χ1n) is 4.90. The number of Topliss-reactive ketones (excluding diaryl/α,β-unsaturated/α-hetero) is 1. The van der Waals surface area contributed by atoms with Crippen LogP contribution in [0.2, 0.25) is 0 Å². The van der Waals surface area contributed by atoms with E-state index in [0.717, 1.165) is 18.4 Å². The van der Waals surface area contributed by atoms with E-state index in [4.69, 9.17) is 4.74 Å². The van der Waals surface area contributed by atoms with Gasteiger partial charge in [-0.25, -0.2) is 0 Å². The second kappa shape index (κ2) is 4.40. The number of rotatable bonds is 1. The smallest absolute Gasteiger partial charge is 0.302 e. The van der Waals surface area contributed by atoms with E-state index in [2.05, 4.69) is 0 Å². The van der Waals surface area contributed by atoms with Crippen LogP contribution in [0.25, 0.3) is 0 Å². The van der Waals surface area contributed by atoms with Gasteiger partial charge in [-0.1, -0.05) is 13.0 Å². The molecule has 1 aliphatic rings.